The molecule has 122 valence electrons. The second kappa shape index (κ2) is 6.68. The molecule has 1 aliphatic rings. The van der Waals surface area contributed by atoms with Crippen molar-refractivity contribution in [2.75, 3.05) is 12.3 Å². The zero-order chi connectivity index (χ0) is 16.3. The zero-order valence-corrected chi connectivity index (χ0v) is 13.7. The molecule has 2 heterocycles. The first kappa shape index (κ1) is 16.8. The van der Waals surface area contributed by atoms with Crippen LogP contribution in [0.5, 0.6) is 0 Å². The van der Waals surface area contributed by atoms with Crippen LogP contribution in [0, 0.1) is 5.82 Å². The van der Waals surface area contributed by atoms with E-state index in [0.29, 0.717) is 6.54 Å². The number of hydrogen-bond donors (Lipinski definition) is 0. The lowest BCUT2D eigenvalue weighted by Gasteiger charge is -2.28. The van der Waals surface area contributed by atoms with Crippen LogP contribution in [0.1, 0.15) is 33.6 Å². The first-order valence-electron chi connectivity index (χ1n) is 7.12. The van der Waals surface area contributed by atoms with Gasteiger partial charge in [0.2, 0.25) is 5.16 Å². The number of carbonyl (C=O) groups excluding carboxylic acids is 1. The zero-order valence-electron chi connectivity index (χ0n) is 12.9. The summed E-state index contributed by atoms with van der Waals surface area (Å²) in [5.74, 6) is -0.345. The van der Waals surface area contributed by atoms with Crippen molar-refractivity contribution in [1.82, 2.24) is 14.9 Å². The van der Waals surface area contributed by atoms with Crippen molar-refractivity contribution < 1.29 is 18.1 Å². The van der Waals surface area contributed by atoms with E-state index in [-0.39, 0.29) is 17.0 Å². The molecule has 1 fully saturated rings. The summed E-state index contributed by atoms with van der Waals surface area (Å²) in [7, 11) is -1.48. The van der Waals surface area contributed by atoms with E-state index in [4.69, 9.17) is 4.74 Å². The minimum absolute atomic E-state index is 0.0810. The molecule has 1 aromatic rings. The van der Waals surface area contributed by atoms with E-state index in [9.17, 15) is 13.4 Å². The van der Waals surface area contributed by atoms with Crippen LogP contribution >= 0.6 is 0 Å². The number of rotatable bonds is 3. The summed E-state index contributed by atoms with van der Waals surface area (Å²) in [5.41, 5.74) is -0.566. The molecule has 0 bridgehead atoms. The number of amides is 1. The Bertz CT molecular complexity index is 559. The Labute approximate surface area is 131 Å². The smallest absolute Gasteiger partial charge is 0.410 e. The third kappa shape index (κ3) is 4.46. The molecule has 0 unspecified atom stereocenters. The minimum Gasteiger partial charge on any atom is -0.444 e. The van der Waals surface area contributed by atoms with Crippen molar-refractivity contribution in [1.29, 1.82) is 0 Å². The predicted octanol–water partition coefficient (Wildman–Crippen LogP) is 2.12. The fraction of sp³-hybridized carbons (Fsp3) is 0.643. The van der Waals surface area contributed by atoms with Gasteiger partial charge >= 0.3 is 6.09 Å². The number of nitrogens with zero attached hydrogens (tertiary/aromatic N) is 3. The summed E-state index contributed by atoms with van der Waals surface area (Å²) in [5, 5.41) is 0.0810. The van der Waals surface area contributed by atoms with Crippen molar-refractivity contribution in [3.63, 3.8) is 0 Å². The van der Waals surface area contributed by atoms with Crippen molar-refractivity contribution >= 4 is 16.9 Å². The van der Waals surface area contributed by atoms with Gasteiger partial charge in [0.15, 0.2) is 5.82 Å². The van der Waals surface area contributed by atoms with Crippen LogP contribution in [-0.4, -0.2) is 49.1 Å². The first-order valence-corrected chi connectivity index (χ1v) is 8.44. The largest absolute Gasteiger partial charge is 0.444 e. The number of likely N-dealkylation sites (tertiary alicyclic amines) is 1. The van der Waals surface area contributed by atoms with Crippen LogP contribution in [0.2, 0.25) is 0 Å². The van der Waals surface area contributed by atoms with Crippen molar-refractivity contribution in [2.45, 2.75) is 50.4 Å². The second-order valence-corrected chi connectivity index (χ2v) is 7.56. The van der Waals surface area contributed by atoms with Crippen LogP contribution in [0.15, 0.2) is 17.6 Å². The molecule has 1 amide bonds. The van der Waals surface area contributed by atoms with E-state index >= 15 is 0 Å². The maximum Gasteiger partial charge on any atom is 0.410 e. The first-order chi connectivity index (χ1) is 10.3. The highest BCUT2D eigenvalue weighted by Crippen LogP contribution is 2.22. The molecule has 1 aromatic heterocycles. The van der Waals surface area contributed by atoms with Gasteiger partial charge in [0.1, 0.15) is 5.60 Å². The van der Waals surface area contributed by atoms with Crippen LogP contribution in [0.3, 0.4) is 0 Å². The maximum absolute atomic E-state index is 12.8. The summed E-state index contributed by atoms with van der Waals surface area (Å²) in [6, 6.07) is -0.177. The van der Waals surface area contributed by atoms with E-state index in [1.54, 1.807) is 25.7 Å². The molecule has 6 nitrogen and oxygen atoms in total. The normalized spacial score (nSPS) is 20.0. The van der Waals surface area contributed by atoms with Gasteiger partial charge < -0.3 is 9.64 Å². The number of ether oxygens (including phenoxy) is 1. The van der Waals surface area contributed by atoms with Crippen LogP contribution in [-0.2, 0) is 15.5 Å². The highest BCUT2D eigenvalue weighted by molar-refractivity contribution is 7.84. The second-order valence-electron chi connectivity index (χ2n) is 6.17. The van der Waals surface area contributed by atoms with E-state index in [0.717, 1.165) is 25.2 Å². The van der Waals surface area contributed by atoms with Crippen LogP contribution in [0.4, 0.5) is 9.18 Å². The van der Waals surface area contributed by atoms with Gasteiger partial charge in [-0.2, -0.15) is 0 Å². The number of hydrogen-bond acceptors (Lipinski definition) is 5. The minimum atomic E-state index is -1.48. The Morgan fingerprint density at radius 2 is 2.09 bits per heavy atom. The average Bonchev–Trinajstić information content (AvgIpc) is 2.85. The molecule has 1 saturated heterocycles. The number of carbonyl (C=O) groups is 1. The topological polar surface area (TPSA) is 72.4 Å². The summed E-state index contributed by atoms with van der Waals surface area (Å²) >= 11 is 0. The van der Waals surface area contributed by atoms with E-state index < -0.39 is 28.3 Å². The van der Waals surface area contributed by atoms with Gasteiger partial charge in [-0.05, 0) is 33.6 Å². The third-order valence-electron chi connectivity index (χ3n) is 3.15. The maximum atomic E-state index is 12.8. The van der Waals surface area contributed by atoms with Gasteiger partial charge in [0.05, 0.1) is 28.9 Å². The Hall–Kier alpha value is -1.57. The molecule has 0 aliphatic carbocycles. The Morgan fingerprint density at radius 1 is 1.45 bits per heavy atom. The molecule has 0 saturated carbocycles. The Morgan fingerprint density at radius 3 is 2.68 bits per heavy atom. The fourth-order valence-corrected chi connectivity index (χ4v) is 3.42. The Kier molecular flexibility index (Phi) is 5.10. The molecule has 2 atom stereocenters. The molecule has 0 radical (unpaired) electrons. The fourth-order valence-electron chi connectivity index (χ4n) is 2.24. The highest BCUT2D eigenvalue weighted by Gasteiger charge is 2.33. The molecule has 1 aliphatic heterocycles. The predicted molar refractivity (Wildman–Crippen MR) is 79.2 cm³/mol. The molecule has 0 aromatic carbocycles. The molecular weight excluding hydrogens is 309 g/mol. The molecule has 22 heavy (non-hydrogen) atoms. The van der Waals surface area contributed by atoms with Crippen molar-refractivity contribution in [3.05, 3.63) is 18.2 Å². The molecule has 0 N–H and O–H groups in total. The quantitative estimate of drug-likeness (QED) is 0.794. The lowest BCUT2D eigenvalue weighted by atomic mass is 10.2. The lowest BCUT2D eigenvalue weighted by Crippen LogP contribution is -2.42. The summed E-state index contributed by atoms with van der Waals surface area (Å²) in [6.07, 6.45) is 3.17. The third-order valence-corrected chi connectivity index (χ3v) is 4.45. The van der Waals surface area contributed by atoms with Gasteiger partial charge in [-0.25, -0.2) is 19.2 Å². The summed E-state index contributed by atoms with van der Waals surface area (Å²) in [6.45, 7) is 6.00. The summed E-state index contributed by atoms with van der Waals surface area (Å²) in [4.78, 5) is 21.2. The van der Waals surface area contributed by atoms with Gasteiger partial charge in [-0.15, -0.1) is 0 Å². The number of halogens is 1. The van der Waals surface area contributed by atoms with Crippen LogP contribution in [0.25, 0.3) is 0 Å². The Balaban J connectivity index is 2.00. The summed E-state index contributed by atoms with van der Waals surface area (Å²) < 4.78 is 30.4. The van der Waals surface area contributed by atoms with Crippen molar-refractivity contribution in [2.24, 2.45) is 0 Å². The van der Waals surface area contributed by atoms with Crippen LogP contribution < -0.4 is 0 Å². The van der Waals surface area contributed by atoms with Gasteiger partial charge in [-0.1, -0.05) is 0 Å². The standard InChI is InChI=1S/C14H20FN3O3S/c1-14(2,3)21-13(19)18-6-4-5-11(18)9-22(20)12-16-7-10(15)8-17-12/h7-8,11H,4-6,9H2,1-3H3/t11-,22+/m0/s1. The molecule has 0 spiro atoms. The van der Waals surface area contributed by atoms with Gasteiger partial charge in [-0.3, -0.25) is 4.21 Å². The van der Waals surface area contributed by atoms with E-state index in [2.05, 4.69) is 9.97 Å². The molecule has 2 rings (SSSR count). The van der Waals surface area contributed by atoms with Gasteiger partial charge in [0, 0.05) is 12.6 Å². The monoisotopic (exact) mass is 329 g/mol. The van der Waals surface area contributed by atoms with E-state index in [1.807, 2.05) is 0 Å². The SMILES string of the molecule is CC(C)(C)OC(=O)N1CCC[C@H]1C[S@@](=O)c1ncc(F)cn1. The number of aromatic nitrogens is 2. The lowest BCUT2D eigenvalue weighted by molar-refractivity contribution is 0.0241. The van der Waals surface area contributed by atoms with E-state index in [1.165, 1.54) is 0 Å². The molecule has 8 heteroatoms. The van der Waals surface area contributed by atoms with Crippen molar-refractivity contribution in [3.8, 4) is 0 Å². The highest BCUT2D eigenvalue weighted by atomic mass is 32.2. The average molecular weight is 329 g/mol. The molecular formula is C14H20FN3O3S. The van der Waals surface area contributed by atoms with Gasteiger partial charge in [0.25, 0.3) is 0 Å².